The Morgan fingerprint density at radius 3 is 2.26 bits per heavy atom. The average Bonchev–Trinajstić information content (AvgIpc) is 2.45. The van der Waals surface area contributed by atoms with Crippen molar-refractivity contribution < 1.29 is 27.8 Å². The number of hydrogen-bond donors (Lipinski definition) is 2. The van der Waals surface area contributed by atoms with Crippen molar-refractivity contribution in [2.75, 3.05) is 0 Å². The van der Waals surface area contributed by atoms with Crippen LogP contribution >= 0.6 is 0 Å². The normalized spacial score (nSPS) is 11.8. The summed E-state index contributed by atoms with van der Waals surface area (Å²) in [6.07, 6.45) is -4.97. The Kier molecular flexibility index (Phi) is 3.28. The summed E-state index contributed by atoms with van der Waals surface area (Å²) in [6, 6.07) is 9.08. The van der Waals surface area contributed by atoms with Gasteiger partial charge in [0, 0.05) is 17.7 Å². The fourth-order valence-electron chi connectivity index (χ4n) is 2.33. The second-order valence-electron chi connectivity index (χ2n) is 4.84. The van der Waals surface area contributed by atoms with Gasteiger partial charge in [-0.15, -0.1) is 0 Å². The highest BCUT2D eigenvalue weighted by Gasteiger charge is 2.39. The van der Waals surface area contributed by atoms with Gasteiger partial charge in [0.1, 0.15) is 28.0 Å². The third kappa shape index (κ3) is 2.50. The molecule has 0 saturated carbocycles. The summed E-state index contributed by atoms with van der Waals surface area (Å²) < 4.78 is 45.2. The quantitative estimate of drug-likeness (QED) is 0.713. The van der Waals surface area contributed by atoms with Gasteiger partial charge in [0.15, 0.2) is 5.76 Å². The van der Waals surface area contributed by atoms with Gasteiger partial charge in [-0.1, -0.05) is 30.3 Å². The second kappa shape index (κ2) is 5.05. The minimum Gasteiger partial charge on any atom is -0.508 e. The van der Waals surface area contributed by atoms with E-state index in [4.69, 9.17) is 4.42 Å². The van der Waals surface area contributed by atoms with Gasteiger partial charge in [-0.05, 0) is 0 Å². The molecular weight excluding hydrogens is 313 g/mol. The zero-order valence-corrected chi connectivity index (χ0v) is 11.4. The largest absolute Gasteiger partial charge is 0.508 e. The van der Waals surface area contributed by atoms with Crippen LogP contribution in [-0.4, -0.2) is 10.2 Å². The Hall–Kier alpha value is -2.96. The van der Waals surface area contributed by atoms with Crippen LogP contribution in [0, 0.1) is 0 Å². The lowest BCUT2D eigenvalue weighted by Gasteiger charge is -2.13. The molecule has 1 heterocycles. The molecule has 2 N–H and O–H groups in total. The van der Waals surface area contributed by atoms with E-state index in [2.05, 4.69) is 0 Å². The maximum Gasteiger partial charge on any atom is 0.423 e. The van der Waals surface area contributed by atoms with E-state index in [1.54, 1.807) is 6.07 Å². The van der Waals surface area contributed by atoms with Gasteiger partial charge in [-0.3, -0.25) is 4.79 Å². The number of halogens is 3. The first-order valence-electron chi connectivity index (χ1n) is 6.44. The van der Waals surface area contributed by atoms with Crippen LogP contribution in [-0.2, 0) is 6.18 Å². The topological polar surface area (TPSA) is 70.7 Å². The Labute approximate surface area is 127 Å². The van der Waals surface area contributed by atoms with Crippen molar-refractivity contribution in [2.45, 2.75) is 6.18 Å². The van der Waals surface area contributed by atoms with E-state index >= 15 is 0 Å². The van der Waals surface area contributed by atoms with Gasteiger partial charge in [0.2, 0.25) is 5.43 Å². The lowest BCUT2D eigenvalue weighted by Crippen LogP contribution is -2.21. The van der Waals surface area contributed by atoms with Gasteiger partial charge in [-0.2, -0.15) is 13.2 Å². The van der Waals surface area contributed by atoms with Gasteiger partial charge < -0.3 is 14.6 Å². The fraction of sp³-hybridized carbons (Fsp3) is 0.0625. The van der Waals surface area contributed by atoms with Crippen LogP contribution in [0.2, 0.25) is 0 Å². The molecule has 2 aromatic carbocycles. The fourth-order valence-corrected chi connectivity index (χ4v) is 2.33. The maximum atomic E-state index is 13.3. The van der Waals surface area contributed by atoms with Crippen molar-refractivity contribution >= 4 is 11.0 Å². The third-order valence-electron chi connectivity index (χ3n) is 3.28. The number of phenols is 2. The molecule has 0 saturated heterocycles. The molecule has 0 atom stereocenters. The highest BCUT2D eigenvalue weighted by Crippen LogP contribution is 2.39. The molecule has 23 heavy (non-hydrogen) atoms. The van der Waals surface area contributed by atoms with E-state index in [9.17, 15) is 28.2 Å². The smallest absolute Gasteiger partial charge is 0.423 e. The summed E-state index contributed by atoms with van der Waals surface area (Å²) in [7, 11) is 0. The summed E-state index contributed by atoms with van der Waals surface area (Å²) in [5.41, 5.74) is -3.19. The lowest BCUT2D eigenvalue weighted by atomic mass is 10.0. The van der Waals surface area contributed by atoms with Crippen molar-refractivity contribution in [1.29, 1.82) is 0 Å². The van der Waals surface area contributed by atoms with Crippen LogP contribution in [0.1, 0.15) is 5.56 Å². The van der Waals surface area contributed by atoms with Gasteiger partial charge in [-0.25, -0.2) is 0 Å². The van der Waals surface area contributed by atoms with Crippen molar-refractivity contribution in [1.82, 2.24) is 0 Å². The van der Waals surface area contributed by atoms with Crippen molar-refractivity contribution in [3.63, 3.8) is 0 Å². The molecule has 0 aliphatic heterocycles. The first-order valence-corrected chi connectivity index (χ1v) is 6.44. The molecule has 0 aliphatic rings. The Morgan fingerprint density at radius 2 is 1.65 bits per heavy atom. The van der Waals surface area contributed by atoms with E-state index in [1.807, 2.05) is 0 Å². The molecule has 3 aromatic rings. The molecule has 118 valence electrons. The summed E-state index contributed by atoms with van der Waals surface area (Å²) in [6.45, 7) is 0. The van der Waals surface area contributed by atoms with E-state index in [0.717, 1.165) is 12.1 Å². The van der Waals surface area contributed by atoms with E-state index in [-0.39, 0.29) is 11.1 Å². The molecule has 0 amide bonds. The van der Waals surface area contributed by atoms with Crippen LogP contribution in [0.25, 0.3) is 22.3 Å². The van der Waals surface area contributed by atoms with Crippen LogP contribution < -0.4 is 5.43 Å². The first-order chi connectivity index (χ1) is 10.8. The number of aromatic hydroxyl groups is 2. The minimum atomic E-state index is -4.97. The second-order valence-corrected chi connectivity index (χ2v) is 4.84. The SMILES string of the molecule is O=c1c(C(F)(F)F)c(-c2ccccc2)oc2cc(O)cc(O)c12. The number of alkyl halides is 3. The molecule has 3 rings (SSSR count). The summed E-state index contributed by atoms with van der Waals surface area (Å²) in [5.74, 6) is -1.88. The molecule has 0 spiro atoms. The Morgan fingerprint density at radius 1 is 1.00 bits per heavy atom. The third-order valence-corrected chi connectivity index (χ3v) is 3.28. The number of phenolic OH excluding ortho intramolecular Hbond substituents is 2. The van der Waals surface area contributed by atoms with Crippen molar-refractivity contribution in [3.05, 3.63) is 58.3 Å². The molecular formula is C16H9F3O4. The Balaban J connectivity index is 2.51. The molecule has 0 aliphatic carbocycles. The molecule has 1 aromatic heterocycles. The summed E-state index contributed by atoms with van der Waals surface area (Å²) in [5, 5.41) is 18.5. The average molecular weight is 322 g/mol. The maximum absolute atomic E-state index is 13.3. The van der Waals surface area contributed by atoms with E-state index in [1.165, 1.54) is 24.3 Å². The first kappa shape index (κ1) is 15.0. The molecule has 0 unspecified atom stereocenters. The number of fused-ring (bicyclic) bond motifs is 1. The highest BCUT2D eigenvalue weighted by molar-refractivity contribution is 5.87. The molecule has 0 bridgehead atoms. The van der Waals surface area contributed by atoms with Crippen molar-refractivity contribution in [2.24, 2.45) is 0 Å². The number of benzene rings is 2. The monoisotopic (exact) mass is 322 g/mol. The standard InChI is InChI=1S/C16H9F3O4/c17-16(18,19)13-14(22)12-10(21)6-9(20)7-11(12)23-15(13)8-4-2-1-3-5-8/h1-7,20-21H. The molecule has 0 radical (unpaired) electrons. The van der Waals surface area contributed by atoms with Crippen LogP contribution in [0.5, 0.6) is 11.5 Å². The molecule has 0 fully saturated rings. The lowest BCUT2D eigenvalue weighted by molar-refractivity contribution is -0.138. The van der Waals surface area contributed by atoms with Crippen molar-refractivity contribution in [3.8, 4) is 22.8 Å². The minimum absolute atomic E-state index is 0.0571. The predicted octanol–water partition coefficient (Wildman–Crippen LogP) is 3.89. The van der Waals surface area contributed by atoms with Gasteiger partial charge >= 0.3 is 6.18 Å². The zero-order valence-electron chi connectivity index (χ0n) is 11.4. The highest BCUT2D eigenvalue weighted by atomic mass is 19.4. The van der Waals surface area contributed by atoms with Crippen LogP contribution in [0.15, 0.2) is 51.7 Å². The molecule has 7 heteroatoms. The Bertz CT molecular complexity index is 943. The van der Waals surface area contributed by atoms with E-state index in [0.29, 0.717) is 0 Å². The zero-order chi connectivity index (χ0) is 16.8. The van der Waals surface area contributed by atoms with Gasteiger partial charge in [0.25, 0.3) is 0 Å². The number of hydrogen-bond acceptors (Lipinski definition) is 4. The number of rotatable bonds is 1. The van der Waals surface area contributed by atoms with E-state index < -0.39 is 39.8 Å². The predicted molar refractivity (Wildman–Crippen MR) is 76.3 cm³/mol. The summed E-state index contributed by atoms with van der Waals surface area (Å²) in [4.78, 5) is 12.3. The van der Waals surface area contributed by atoms with Gasteiger partial charge in [0.05, 0.1) is 0 Å². The van der Waals surface area contributed by atoms with Crippen LogP contribution in [0.3, 0.4) is 0 Å². The molecule has 4 nitrogen and oxygen atoms in total. The summed E-state index contributed by atoms with van der Waals surface area (Å²) >= 11 is 0. The van der Waals surface area contributed by atoms with Crippen LogP contribution in [0.4, 0.5) is 13.2 Å².